The van der Waals surface area contributed by atoms with Crippen LogP contribution in [0.3, 0.4) is 0 Å². The van der Waals surface area contributed by atoms with Gasteiger partial charge in [0.25, 0.3) is 0 Å². The van der Waals surface area contributed by atoms with E-state index in [1.54, 1.807) is 7.11 Å². The number of ether oxygens (including phenoxy) is 3. The fraction of sp³-hybridized carbons (Fsp3) is 0.571. The van der Waals surface area contributed by atoms with Gasteiger partial charge >= 0.3 is 0 Å². The van der Waals surface area contributed by atoms with E-state index in [4.69, 9.17) is 14.2 Å². The van der Waals surface area contributed by atoms with Crippen LogP contribution in [0.15, 0.2) is 18.2 Å². The highest BCUT2D eigenvalue weighted by molar-refractivity contribution is 5.54. The van der Waals surface area contributed by atoms with Gasteiger partial charge in [-0.3, -0.25) is 0 Å². The molecule has 0 aromatic heterocycles. The lowest BCUT2D eigenvalue weighted by Gasteiger charge is -2.15. The summed E-state index contributed by atoms with van der Waals surface area (Å²) >= 11 is 0. The molecule has 0 fully saturated rings. The highest BCUT2D eigenvalue weighted by Crippen LogP contribution is 2.30. The van der Waals surface area contributed by atoms with Crippen molar-refractivity contribution in [1.82, 2.24) is 0 Å². The molecule has 0 spiro atoms. The highest BCUT2D eigenvalue weighted by Gasteiger charge is 2.06. The number of hydrogen-bond acceptors (Lipinski definition) is 4. The SMILES string of the molecule is CCOc1ccc(NCC(C)OC)cc1OCC. The zero-order valence-electron chi connectivity index (χ0n) is 11.7. The molecule has 0 aliphatic heterocycles. The van der Waals surface area contributed by atoms with Gasteiger partial charge in [-0.25, -0.2) is 0 Å². The highest BCUT2D eigenvalue weighted by atomic mass is 16.5. The number of rotatable bonds is 8. The molecule has 0 heterocycles. The third-order valence-electron chi connectivity index (χ3n) is 2.54. The van der Waals surface area contributed by atoms with E-state index in [2.05, 4.69) is 5.32 Å². The molecular formula is C14H23NO3. The maximum Gasteiger partial charge on any atom is 0.163 e. The number of hydrogen-bond donors (Lipinski definition) is 1. The molecule has 0 amide bonds. The first-order valence-electron chi connectivity index (χ1n) is 6.37. The normalized spacial score (nSPS) is 12.0. The molecule has 1 aromatic carbocycles. The third-order valence-corrected chi connectivity index (χ3v) is 2.54. The van der Waals surface area contributed by atoms with Gasteiger partial charge in [0.1, 0.15) is 0 Å². The summed E-state index contributed by atoms with van der Waals surface area (Å²) in [6, 6.07) is 5.86. The standard InChI is InChI=1S/C14H23NO3/c1-5-17-13-8-7-12(9-14(13)18-6-2)15-10-11(3)16-4/h7-9,11,15H,5-6,10H2,1-4H3. The van der Waals surface area contributed by atoms with Crippen LogP contribution in [0, 0.1) is 0 Å². The molecule has 0 radical (unpaired) electrons. The Labute approximate surface area is 109 Å². The third kappa shape index (κ3) is 4.45. The molecule has 18 heavy (non-hydrogen) atoms. The Balaban J connectivity index is 2.72. The van der Waals surface area contributed by atoms with Gasteiger partial charge in [0.05, 0.1) is 19.3 Å². The van der Waals surface area contributed by atoms with E-state index in [0.717, 1.165) is 23.7 Å². The summed E-state index contributed by atoms with van der Waals surface area (Å²) in [6.45, 7) is 7.96. The predicted molar refractivity (Wildman–Crippen MR) is 73.7 cm³/mol. The van der Waals surface area contributed by atoms with Crippen LogP contribution in [0.4, 0.5) is 5.69 Å². The van der Waals surface area contributed by atoms with Crippen LogP contribution < -0.4 is 14.8 Å². The molecule has 1 aromatic rings. The Bertz CT molecular complexity index is 355. The maximum atomic E-state index is 5.57. The fourth-order valence-corrected chi connectivity index (χ4v) is 1.51. The largest absolute Gasteiger partial charge is 0.490 e. The lowest BCUT2D eigenvalue weighted by atomic mass is 10.2. The molecule has 1 rings (SSSR count). The van der Waals surface area contributed by atoms with Crippen molar-refractivity contribution >= 4 is 5.69 Å². The van der Waals surface area contributed by atoms with E-state index in [0.29, 0.717) is 13.2 Å². The summed E-state index contributed by atoms with van der Waals surface area (Å²) < 4.78 is 16.3. The molecule has 4 nitrogen and oxygen atoms in total. The molecular weight excluding hydrogens is 230 g/mol. The quantitative estimate of drug-likeness (QED) is 0.773. The van der Waals surface area contributed by atoms with Crippen molar-refractivity contribution in [3.8, 4) is 11.5 Å². The van der Waals surface area contributed by atoms with Crippen LogP contribution in [-0.4, -0.2) is 33.0 Å². The number of methoxy groups -OCH3 is 1. The molecule has 1 N–H and O–H groups in total. The minimum absolute atomic E-state index is 0.173. The predicted octanol–water partition coefficient (Wildman–Crippen LogP) is 2.93. The van der Waals surface area contributed by atoms with Crippen LogP contribution in [0.25, 0.3) is 0 Å². The second kappa shape index (κ2) is 7.82. The van der Waals surface area contributed by atoms with E-state index >= 15 is 0 Å². The van der Waals surface area contributed by atoms with Gasteiger partial charge in [-0.2, -0.15) is 0 Å². The van der Waals surface area contributed by atoms with Crippen LogP contribution in [-0.2, 0) is 4.74 Å². The van der Waals surface area contributed by atoms with Crippen molar-refractivity contribution in [1.29, 1.82) is 0 Å². The smallest absolute Gasteiger partial charge is 0.163 e. The molecule has 0 bridgehead atoms. The Morgan fingerprint density at radius 3 is 2.39 bits per heavy atom. The van der Waals surface area contributed by atoms with Gasteiger partial charge in [0.15, 0.2) is 11.5 Å². The summed E-state index contributed by atoms with van der Waals surface area (Å²) in [5.74, 6) is 1.55. The lowest BCUT2D eigenvalue weighted by molar-refractivity contribution is 0.129. The fourth-order valence-electron chi connectivity index (χ4n) is 1.51. The van der Waals surface area contributed by atoms with E-state index < -0.39 is 0 Å². The summed E-state index contributed by atoms with van der Waals surface area (Å²) in [5, 5.41) is 3.30. The second-order valence-corrected chi connectivity index (χ2v) is 3.95. The van der Waals surface area contributed by atoms with Crippen molar-refractivity contribution in [3.05, 3.63) is 18.2 Å². The summed E-state index contributed by atoms with van der Waals surface area (Å²) in [4.78, 5) is 0. The molecule has 4 heteroatoms. The van der Waals surface area contributed by atoms with E-state index in [1.165, 1.54) is 0 Å². The summed E-state index contributed by atoms with van der Waals surface area (Å²) in [7, 11) is 1.70. The van der Waals surface area contributed by atoms with Gasteiger partial charge in [0, 0.05) is 25.4 Å². The van der Waals surface area contributed by atoms with E-state index in [9.17, 15) is 0 Å². The van der Waals surface area contributed by atoms with Crippen molar-refractivity contribution in [2.45, 2.75) is 26.9 Å². The van der Waals surface area contributed by atoms with Crippen LogP contribution in [0.2, 0.25) is 0 Å². The zero-order chi connectivity index (χ0) is 13.4. The van der Waals surface area contributed by atoms with Gasteiger partial charge in [-0.15, -0.1) is 0 Å². The maximum absolute atomic E-state index is 5.57. The van der Waals surface area contributed by atoms with Crippen LogP contribution in [0.5, 0.6) is 11.5 Å². The first-order chi connectivity index (χ1) is 8.71. The van der Waals surface area contributed by atoms with Crippen LogP contribution >= 0.6 is 0 Å². The van der Waals surface area contributed by atoms with Crippen molar-refractivity contribution in [2.24, 2.45) is 0 Å². The summed E-state index contributed by atoms with van der Waals surface area (Å²) in [5.41, 5.74) is 1.01. The van der Waals surface area contributed by atoms with Gasteiger partial charge < -0.3 is 19.5 Å². The molecule has 0 saturated heterocycles. The molecule has 0 aliphatic carbocycles. The Hall–Kier alpha value is -1.42. The minimum Gasteiger partial charge on any atom is -0.490 e. The van der Waals surface area contributed by atoms with Crippen molar-refractivity contribution in [2.75, 3.05) is 32.2 Å². The molecule has 0 saturated carbocycles. The molecule has 0 aliphatic rings. The number of nitrogens with one attached hydrogen (secondary N) is 1. The van der Waals surface area contributed by atoms with Crippen LogP contribution in [0.1, 0.15) is 20.8 Å². The Morgan fingerprint density at radius 1 is 1.11 bits per heavy atom. The van der Waals surface area contributed by atoms with E-state index in [1.807, 2.05) is 39.0 Å². The zero-order valence-corrected chi connectivity index (χ0v) is 11.7. The monoisotopic (exact) mass is 253 g/mol. The van der Waals surface area contributed by atoms with Crippen molar-refractivity contribution in [3.63, 3.8) is 0 Å². The molecule has 1 unspecified atom stereocenters. The number of benzene rings is 1. The average Bonchev–Trinajstić information content (AvgIpc) is 2.39. The first kappa shape index (κ1) is 14.6. The number of anilines is 1. The topological polar surface area (TPSA) is 39.7 Å². The Morgan fingerprint density at radius 2 is 1.78 bits per heavy atom. The molecule has 102 valence electrons. The summed E-state index contributed by atoms with van der Waals surface area (Å²) in [6.07, 6.45) is 0.173. The second-order valence-electron chi connectivity index (χ2n) is 3.95. The van der Waals surface area contributed by atoms with E-state index in [-0.39, 0.29) is 6.10 Å². The van der Waals surface area contributed by atoms with Gasteiger partial charge in [0.2, 0.25) is 0 Å². The minimum atomic E-state index is 0.173. The Kier molecular flexibility index (Phi) is 6.36. The lowest BCUT2D eigenvalue weighted by Crippen LogP contribution is -2.18. The van der Waals surface area contributed by atoms with Crippen molar-refractivity contribution < 1.29 is 14.2 Å². The first-order valence-corrected chi connectivity index (χ1v) is 6.37. The van der Waals surface area contributed by atoms with Gasteiger partial charge in [-0.05, 0) is 32.9 Å². The van der Waals surface area contributed by atoms with Gasteiger partial charge in [-0.1, -0.05) is 0 Å². The average molecular weight is 253 g/mol. The molecule has 1 atom stereocenters.